The molecule has 0 N–H and O–H groups in total. The minimum atomic E-state index is -3.50. The second-order valence-electron chi connectivity index (χ2n) is 7.83. The molecule has 2 heterocycles. The van der Waals surface area contributed by atoms with Gasteiger partial charge in [-0.3, -0.25) is 4.79 Å². The van der Waals surface area contributed by atoms with Gasteiger partial charge in [0.15, 0.2) is 0 Å². The molecule has 0 atom stereocenters. The Balaban J connectivity index is 1.50. The first kappa shape index (κ1) is 20.4. The van der Waals surface area contributed by atoms with E-state index in [4.69, 9.17) is 0 Å². The summed E-state index contributed by atoms with van der Waals surface area (Å²) in [4.78, 5) is 15.1. The Kier molecular flexibility index (Phi) is 5.48. The summed E-state index contributed by atoms with van der Waals surface area (Å²) in [7, 11) is -3.50. The maximum absolute atomic E-state index is 13.1. The zero-order valence-corrected chi connectivity index (χ0v) is 18.4. The van der Waals surface area contributed by atoms with Crippen molar-refractivity contribution in [1.29, 1.82) is 0 Å². The van der Waals surface area contributed by atoms with E-state index in [-0.39, 0.29) is 10.8 Å². The number of hydrogen-bond donors (Lipinski definition) is 0. The number of sulfonamides is 1. The maximum atomic E-state index is 13.1. The third-order valence-corrected chi connectivity index (χ3v) is 9.35. The largest absolute Gasteiger partial charge is 0.323 e. The standard InChI is InChI=1S/C22H26N2O3S2/c1-17-3-7-19(8-4-17)21(25)24-15-16-28-22(24)11-13-23(14-12-22)29(26,27)20-9-5-18(2)6-10-20/h3-10H,11-16H2,1-2H3. The summed E-state index contributed by atoms with van der Waals surface area (Å²) in [6.45, 7) is 5.52. The number of hydrogen-bond acceptors (Lipinski definition) is 4. The predicted octanol–water partition coefficient (Wildman–Crippen LogP) is 3.67. The van der Waals surface area contributed by atoms with Crippen LogP contribution in [0, 0.1) is 13.8 Å². The highest BCUT2D eigenvalue weighted by molar-refractivity contribution is 8.00. The zero-order chi connectivity index (χ0) is 20.6. The summed E-state index contributed by atoms with van der Waals surface area (Å²) in [6, 6.07) is 14.7. The molecule has 0 aromatic heterocycles. The first-order valence-electron chi connectivity index (χ1n) is 9.91. The normalized spacial score (nSPS) is 19.6. The van der Waals surface area contributed by atoms with Crippen LogP contribution in [0.2, 0.25) is 0 Å². The fourth-order valence-electron chi connectivity index (χ4n) is 4.10. The van der Waals surface area contributed by atoms with Crippen molar-refractivity contribution in [2.24, 2.45) is 0 Å². The topological polar surface area (TPSA) is 57.7 Å². The van der Waals surface area contributed by atoms with E-state index in [1.807, 2.05) is 55.1 Å². The predicted molar refractivity (Wildman–Crippen MR) is 117 cm³/mol. The number of benzene rings is 2. The van der Waals surface area contributed by atoms with Gasteiger partial charge in [-0.05, 0) is 51.0 Å². The van der Waals surface area contributed by atoms with Crippen LogP contribution < -0.4 is 0 Å². The molecule has 0 radical (unpaired) electrons. The first-order chi connectivity index (χ1) is 13.8. The van der Waals surface area contributed by atoms with E-state index >= 15 is 0 Å². The number of nitrogens with zero attached hydrogens (tertiary/aromatic N) is 2. The highest BCUT2D eigenvalue weighted by Crippen LogP contribution is 2.45. The summed E-state index contributed by atoms with van der Waals surface area (Å²) in [5.74, 6) is 0.937. The molecule has 4 rings (SSSR count). The van der Waals surface area contributed by atoms with Gasteiger partial charge in [-0.1, -0.05) is 35.4 Å². The molecule has 29 heavy (non-hydrogen) atoms. The lowest BCUT2D eigenvalue weighted by Gasteiger charge is -2.43. The second-order valence-corrected chi connectivity index (χ2v) is 11.2. The lowest BCUT2D eigenvalue weighted by Crippen LogP contribution is -2.53. The lowest BCUT2D eigenvalue weighted by atomic mass is 10.0. The van der Waals surface area contributed by atoms with Gasteiger partial charge >= 0.3 is 0 Å². The summed E-state index contributed by atoms with van der Waals surface area (Å²) < 4.78 is 27.6. The molecule has 2 aliphatic rings. The Hall–Kier alpha value is -1.83. The Labute approximate surface area is 177 Å². The first-order valence-corrected chi connectivity index (χ1v) is 12.3. The quantitative estimate of drug-likeness (QED) is 0.746. The molecule has 2 aromatic rings. The number of aryl methyl sites for hydroxylation is 2. The third kappa shape index (κ3) is 3.83. The zero-order valence-electron chi connectivity index (χ0n) is 16.8. The molecule has 0 saturated carbocycles. The van der Waals surface area contributed by atoms with Crippen molar-refractivity contribution in [3.8, 4) is 0 Å². The Morgan fingerprint density at radius 2 is 1.45 bits per heavy atom. The third-order valence-electron chi connectivity index (χ3n) is 5.88. The highest BCUT2D eigenvalue weighted by atomic mass is 32.2. The van der Waals surface area contributed by atoms with E-state index in [0.717, 1.165) is 16.9 Å². The summed E-state index contributed by atoms with van der Waals surface area (Å²) in [5, 5.41) is 0. The number of piperidine rings is 1. The van der Waals surface area contributed by atoms with Crippen LogP contribution in [0.15, 0.2) is 53.4 Å². The van der Waals surface area contributed by atoms with E-state index in [1.54, 1.807) is 28.2 Å². The molecule has 0 unspecified atom stereocenters. The molecule has 1 spiro atoms. The number of rotatable bonds is 3. The number of thioether (sulfide) groups is 1. The van der Waals surface area contributed by atoms with Crippen molar-refractivity contribution in [2.75, 3.05) is 25.4 Å². The summed E-state index contributed by atoms with van der Waals surface area (Å²) in [6.07, 6.45) is 1.31. The molecule has 2 fully saturated rings. The van der Waals surface area contributed by atoms with Gasteiger partial charge in [0.25, 0.3) is 5.91 Å². The lowest BCUT2D eigenvalue weighted by molar-refractivity contribution is 0.0605. The summed E-state index contributed by atoms with van der Waals surface area (Å²) in [5.41, 5.74) is 2.86. The molecular weight excluding hydrogens is 404 g/mol. The van der Waals surface area contributed by atoms with Gasteiger partial charge in [-0.15, -0.1) is 11.8 Å². The van der Waals surface area contributed by atoms with Crippen molar-refractivity contribution in [2.45, 2.75) is 36.5 Å². The molecule has 2 saturated heterocycles. The van der Waals surface area contributed by atoms with Crippen molar-refractivity contribution >= 4 is 27.7 Å². The van der Waals surface area contributed by atoms with E-state index in [1.165, 1.54) is 0 Å². The van der Waals surface area contributed by atoms with Gasteiger partial charge in [0.2, 0.25) is 10.0 Å². The average molecular weight is 431 g/mol. The van der Waals surface area contributed by atoms with Crippen LogP contribution in [0.5, 0.6) is 0 Å². The summed E-state index contributed by atoms with van der Waals surface area (Å²) >= 11 is 1.79. The minimum Gasteiger partial charge on any atom is -0.323 e. The van der Waals surface area contributed by atoms with Crippen molar-refractivity contribution in [1.82, 2.24) is 9.21 Å². The number of amides is 1. The Morgan fingerprint density at radius 1 is 0.897 bits per heavy atom. The SMILES string of the molecule is Cc1ccc(C(=O)N2CCSC23CCN(S(=O)(=O)c2ccc(C)cc2)CC3)cc1. The smallest absolute Gasteiger partial charge is 0.254 e. The van der Waals surface area contributed by atoms with Crippen LogP contribution in [0.25, 0.3) is 0 Å². The van der Waals surface area contributed by atoms with E-state index in [2.05, 4.69) is 0 Å². The van der Waals surface area contributed by atoms with Crippen LogP contribution in [0.1, 0.15) is 34.3 Å². The molecule has 154 valence electrons. The second kappa shape index (κ2) is 7.78. The fraction of sp³-hybridized carbons (Fsp3) is 0.409. The van der Waals surface area contributed by atoms with Gasteiger partial charge in [0, 0.05) is 31.0 Å². The number of carbonyl (C=O) groups excluding carboxylic acids is 1. The van der Waals surface area contributed by atoms with Gasteiger partial charge in [-0.25, -0.2) is 8.42 Å². The number of carbonyl (C=O) groups is 1. The minimum absolute atomic E-state index is 0.0461. The van der Waals surface area contributed by atoms with Crippen molar-refractivity contribution in [3.05, 3.63) is 65.2 Å². The van der Waals surface area contributed by atoms with Gasteiger partial charge in [0.1, 0.15) is 0 Å². The van der Waals surface area contributed by atoms with Crippen LogP contribution in [-0.4, -0.2) is 53.8 Å². The van der Waals surface area contributed by atoms with Crippen molar-refractivity contribution in [3.63, 3.8) is 0 Å². The van der Waals surface area contributed by atoms with Crippen LogP contribution in [-0.2, 0) is 10.0 Å². The molecule has 5 nitrogen and oxygen atoms in total. The van der Waals surface area contributed by atoms with Gasteiger partial charge in [0.05, 0.1) is 9.77 Å². The van der Waals surface area contributed by atoms with E-state index < -0.39 is 10.0 Å². The Bertz CT molecular complexity index is 993. The van der Waals surface area contributed by atoms with Gasteiger partial charge in [-0.2, -0.15) is 4.31 Å². The molecule has 1 amide bonds. The molecule has 2 aromatic carbocycles. The van der Waals surface area contributed by atoms with Crippen molar-refractivity contribution < 1.29 is 13.2 Å². The van der Waals surface area contributed by atoms with E-state index in [9.17, 15) is 13.2 Å². The Morgan fingerprint density at radius 3 is 2.03 bits per heavy atom. The molecule has 0 bridgehead atoms. The molecule has 7 heteroatoms. The fourth-order valence-corrected chi connectivity index (χ4v) is 6.99. The average Bonchev–Trinajstić information content (AvgIpc) is 3.11. The molecule has 0 aliphatic carbocycles. The van der Waals surface area contributed by atoms with E-state index in [0.29, 0.717) is 42.9 Å². The molecule has 2 aliphatic heterocycles. The highest BCUT2D eigenvalue weighted by Gasteiger charge is 2.48. The van der Waals surface area contributed by atoms with Crippen LogP contribution in [0.3, 0.4) is 0 Å². The maximum Gasteiger partial charge on any atom is 0.254 e. The van der Waals surface area contributed by atoms with Crippen LogP contribution in [0.4, 0.5) is 0 Å². The van der Waals surface area contributed by atoms with Crippen LogP contribution >= 0.6 is 11.8 Å². The monoisotopic (exact) mass is 430 g/mol. The molecular formula is C22H26N2O3S2. The van der Waals surface area contributed by atoms with Gasteiger partial charge < -0.3 is 4.90 Å².